The monoisotopic (exact) mass is 369 g/mol. The van der Waals surface area contributed by atoms with E-state index in [2.05, 4.69) is 5.32 Å². The molecule has 0 atom stereocenters. The largest absolute Gasteiger partial charge is 0.493 e. The average molecular weight is 370 g/mol. The van der Waals surface area contributed by atoms with Crippen LogP contribution in [0.2, 0.25) is 0 Å². The first kappa shape index (κ1) is 21.2. The highest BCUT2D eigenvalue weighted by atomic mass is 35.5. The SMILES string of the molecule is COCCCNCc1ccc(OCc2ccccc2F)c(OC)c1.Cl. The van der Waals surface area contributed by atoms with Gasteiger partial charge in [-0.3, -0.25) is 0 Å². The van der Waals surface area contributed by atoms with E-state index in [1.807, 2.05) is 18.2 Å². The van der Waals surface area contributed by atoms with Crippen molar-refractivity contribution >= 4 is 12.4 Å². The third kappa shape index (κ3) is 6.90. The van der Waals surface area contributed by atoms with Crippen LogP contribution < -0.4 is 14.8 Å². The maximum absolute atomic E-state index is 13.6. The van der Waals surface area contributed by atoms with Gasteiger partial charge in [0.2, 0.25) is 0 Å². The smallest absolute Gasteiger partial charge is 0.161 e. The fourth-order valence-corrected chi connectivity index (χ4v) is 2.29. The summed E-state index contributed by atoms with van der Waals surface area (Å²) in [5, 5.41) is 3.35. The van der Waals surface area contributed by atoms with E-state index >= 15 is 0 Å². The zero-order valence-corrected chi connectivity index (χ0v) is 15.4. The quantitative estimate of drug-likeness (QED) is 0.643. The van der Waals surface area contributed by atoms with Gasteiger partial charge in [-0.15, -0.1) is 12.4 Å². The Kier molecular flexibility index (Phi) is 9.92. The zero-order chi connectivity index (χ0) is 17.2. The molecule has 138 valence electrons. The van der Waals surface area contributed by atoms with Crippen LogP contribution in [0.5, 0.6) is 11.5 Å². The molecule has 0 heterocycles. The van der Waals surface area contributed by atoms with Gasteiger partial charge in [0, 0.05) is 25.8 Å². The summed E-state index contributed by atoms with van der Waals surface area (Å²) in [6.45, 7) is 2.55. The second-order valence-corrected chi connectivity index (χ2v) is 5.39. The Bertz CT molecular complexity index is 640. The summed E-state index contributed by atoms with van der Waals surface area (Å²) in [6.07, 6.45) is 0.970. The molecule has 0 fully saturated rings. The van der Waals surface area contributed by atoms with Crippen molar-refractivity contribution in [2.24, 2.45) is 0 Å². The Morgan fingerprint density at radius 1 is 1.04 bits per heavy atom. The molecule has 0 aliphatic carbocycles. The highest BCUT2D eigenvalue weighted by Gasteiger charge is 2.08. The first-order valence-corrected chi connectivity index (χ1v) is 7.97. The molecule has 0 bridgehead atoms. The van der Waals surface area contributed by atoms with Gasteiger partial charge in [-0.1, -0.05) is 24.3 Å². The van der Waals surface area contributed by atoms with Crippen LogP contribution in [0.1, 0.15) is 17.5 Å². The molecule has 0 saturated heterocycles. The number of halogens is 2. The fraction of sp³-hybridized carbons (Fsp3) is 0.368. The molecule has 0 aliphatic heterocycles. The molecule has 0 spiro atoms. The molecule has 6 heteroatoms. The summed E-state index contributed by atoms with van der Waals surface area (Å²) in [5.74, 6) is 0.972. The molecule has 4 nitrogen and oxygen atoms in total. The molecule has 2 aromatic carbocycles. The number of hydrogen-bond acceptors (Lipinski definition) is 4. The topological polar surface area (TPSA) is 39.7 Å². The van der Waals surface area contributed by atoms with Crippen LogP contribution in [0.25, 0.3) is 0 Å². The molecular formula is C19H25ClFNO3. The predicted octanol–water partition coefficient (Wildman–Crippen LogP) is 3.96. The number of ether oxygens (including phenoxy) is 3. The number of hydrogen-bond donors (Lipinski definition) is 1. The van der Waals surface area contributed by atoms with Gasteiger partial charge in [-0.05, 0) is 36.7 Å². The van der Waals surface area contributed by atoms with Crippen LogP contribution in [0.3, 0.4) is 0 Å². The van der Waals surface area contributed by atoms with E-state index in [1.54, 1.807) is 32.4 Å². The second kappa shape index (κ2) is 11.7. The minimum atomic E-state index is -0.270. The number of methoxy groups -OCH3 is 2. The van der Waals surface area contributed by atoms with E-state index < -0.39 is 0 Å². The molecule has 25 heavy (non-hydrogen) atoms. The van der Waals surface area contributed by atoms with Gasteiger partial charge in [-0.2, -0.15) is 0 Å². The number of rotatable bonds is 10. The van der Waals surface area contributed by atoms with E-state index in [0.29, 0.717) is 17.1 Å². The van der Waals surface area contributed by atoms with Crippen LogP contribution in [0.4, 0.5) is 4.39 Å². The molecule has 0 aliphatic rings. The van der Waals surface area contributed by atoms with Crippen LogP contribution in [-0.2, 0) is 17.9 Å². The molecule has 2 rings (SSSR count). The zero-order valence-electron chi connectivity index (χ0n) is 14.6. The van der Waals surface area contributed by atoms with Crippen LogP contribution in [0, 0.1) is 5.82 Å². The summed E-state index contributed by atoms with van der Waals surface area (Å²) in [7, 11) is 3.30. The highest BCUT2D eigenvalue weighted by Crippen LogP contribution is 2.29. The standard InChI is InChI=1S/C19H24FNO3.ClH/c1-22-11-5-10-21-13-15-8-9-18(19(12-15)23-2)24-14-16-6-3-4-7-17(16)20;/h3-4,6-9,12,21H,5,10-11,13-14H2,1-2H3;1H. The van der Waals surface area contributed by atoms with E-state index in [-0.39, 0.29) is 24.8 Å². The lowest BCUT2D eigenvalue weighted by atomic mass is 10.2. The van der Waals surface area contributed by atoms with Crippen molar-refractivity contribution in [2.75, 3.05) is 27.4 Å². The van der Waals surface area contributed by atoms with Crippen molar-refractivity contribution in [1.29, 1.82) is 0 Å². The highest BCUT2D eigenvalue weighted by molar-refractivity contribution is 5.85. The van der Waals surface area contributed by atoms with Crippen LogP contribution in [-0.4, -0.2) is 27.4 Å². The predicted molar refractivity (Wildman–Crippen MR) is 99.2 cm³/mol. The van der Waals surface area contributed by atoms with Crippen molar-refractivity contribution in [2.45, 2.75) is 19.6 Å². The molecule has 0 saturated carbocycles. The van der Waals surface area contributed by atoms with Gasteiger partial charge in [0.15, 0.2) is 11.5 Å². The Balaban J connectivity index is 0.00000312. The van der Waals surface area contributed by atoms with Gasteiger partial charge in [0.1, 0.15) is 12.4 Å². The molecular weight excluding hydrogens is 345 g/mol. The minimum absolute atomic E-state index is 0. The van der Waals surface area contributed by atoms with Crippen molar-refractivity contribution in [3.63, 3.8) is 0 Å². The third-order valence-electron chi connectivity index (χ3n) is 3.60. The van der Waals surface area contributed by atoms with Crippen molar-refractivity contribution < 1.29 is 18.6 Å². The van der Waals surface area contributed by atoms with E-state index in [0.717, 1.165) is 31.7 Å². The minimum Gasteiger partial charge on any atom is -0.493 e. The Morgan fingerprint density at radius 3 is 2.56 bits per heavy atom. The van der Waals surface area contributed by atoms with Gasteiger partial charge in [0.25, 0.3) is 0 Å². The fourth-order valence-electron chi connectivity index (χ4n) is 2.29. The Labute approximate surface area is 154 Å². The number of benzene rings is 2. The third-order valence-corrected chi connectivity index (χ3v) is 3.60. The molecule has 0 aromatic heterocycles. The molecule has 0 unspecified atom stereocenters. The Hall–Kier alpha value is -1.82. The molecule has 0 amide bonds. The number of nitrogens with one attached hydrogen (secondary N) is 1. The first-order chi connectivity index (χ1) is 11.7. The van der Waals surface area contributed by atoms with Gasteiger partial charge >= 0.3 is 0 Å². The summed E-state index contributed by atoms with van der Waals surface area (Å²) < 4.78 is 29.7. The van der Waals surface area contributed by atoms with Crippen molar-refractivity contribution in [3.8, 4) is 11.5 Å². The lowest BCUT2D eigenvalue weighted by Gasteiger charge is -2.13. The maximum atomic E-state index is 13.6. The summed E-state index contributed by atoms with van der Waals surface area (Å²) in [6, 6.07) is 12.3. The molecule has 0 radical (unpaired) electrons. The van der Waals surface area contributed by atoms with Gasteiger partial charge in [0.05, 0.1) is 7.11 Å². The van der Waals surface area contributed by atoms with Crippen molar-refractivity contribution in [1.82, 2.24) is 5.32 Å². The van der Waals surface area contributed by atoms with Gasteiger partial charge < -0.3 is 19.5 Å². The Morgan fingerprint density at radius 2 is 1.84 bits per heavy atom. The van der Waals surface area contributed by atoms with E-state index in [9.17, 15) is 4.39 Å². The average Bonchev–Trinajstić information content (AvgIpc) is 2.61. The van der Waals surface area contributed by atoms with E-state index in [1.165, 1.54) is 6.07 Å². The van der Waals surface area contributed by atoms with Gasteiger partial charge in [-0.25, -0.2) is 4.39 Å². The van der Waals surface area contributed by atoms with Crippen LogP contribution >= 0.6 is 12.4 Å². The van der Waals surface area contributed by atoms with Crippen LogP contribution in [0.15, 0.2) is 42.5 Å². The second-order valence-electron chi connectivity index (χ2n) is 5.39. The molecule has 1 N–H and O–H groups in total. The first-order valence-electron chi connectivity index (χ1n) is 7.97. The normalized spacial score (nSPS) is 10.2. The summed E-state index contributed by atoms with van der Waals surface area (Å²) in [4.78, 5) is 0. The summed E-state index contributed by atoms with van der Waals surface area (Å²) >= 11 is 0. The molecule has 2 aromatic rings. The summed E-state index contributed by atoms with van der Waals surface area (Å²) in [5.41, 5.74) is 1.62. The maximum Gasteiger partial charge on any atom is 0.161 e. The lowest BCUT2D eigenvalue weighted by molar-refractivity contribution is 0.194. The lowest BCUT2D eigenvalue weighted by Crippen LogP contribution is -2.16. The van der Waals surface area contributed by atoms with E-state index in [4.69, 9.17) is 14.2 Å². The van der Waals surface area contributed by atoms with Crippen molar-refractivity contribution in [3.05, 3.63) is 59.4 Å².